The fourth-order valence-corrected chi connectivity index (χ4v) is 3.95. The van der Waals surface area contributed by atoms with Crippen molar-refractivity contribution in [2.24, 2.45) is 5.92 Å². The summed E-state index contributed by atoms with van der Waals surface area (Å²) in [5.74, 6) is 1.34. The van der Waals surface area contributed by atoms with Crippen LogP contribution in [0, 0.1) is 17.2 Å². The summed E-state index contributed by atoms with van der Waals surface area (Å²) < 4.78 is 1.11. The summed E-state index contributed by atoms with van der Waals surface area (Å²) >= 11 is 5.33. The topological polar surface area (TPSA) is 35.8 Å². The lowest BCUT2D eigenvalue weighted by Gasteiger charge is -2.27. The van der Waals surface area contributed by atoms with Gasteiger partial charge in [0.05, 0.1) is 6.07 Å². The largest absolute Gasteiger partial charge is 0.298 e. The number of nitrogens with one attached hydrogen (secondary N) is 1. The van der Waals surface area contributed by atoms with E-state index >= 15 is 0 Å². The predicted molar refractivity (Wildman–Crippen MR) is 84.2 cm³/mol. The summed E-state index contributed by atoms with van der Waals surface area (Å²) in [4.78, 5) is 1.21. The number of nitriles is 1. The van der Waals surface area contributed by atoms with Gasteiger partial charge in [-0.2, -0.15) is 5.26 Å². The summed E-state index contributed by atoms with van der Waals surface area (Å²) in [6.07, 6.45) is 3.43. The zero-order valence-corrected chi connectivity index (χ0v) is 13.6. The van der Waals surface area contributed by atoms with Gasteiger partial charge < -0.3 is 0 Å². The molecule has 1 unspecified atom stereocenters. The highest BCUT2D eigenvalue weighted by atomic mass is 79.9. The number of hydrogen-bond donors (Lipinski definition) is 1. The first-order chi connectivity index (χ1) is 9.22. The summed E-state index contributed by atoms with van der Waals surface area (Å²) in [6.45, 7) is 3.06. The minimum Gasteiger partial charge on any atom is -0.298 e. The number of halogens is 1. The first-order valence-corrected chi connectivity index (χ1v) is 8.53. The molecule has 0 aromatic heterocycles. The van der Waals surface area contributed by atoms with Crippen LogP contribution in [0.4, 0.5) is 0 Å². The molecule has 1 N–H and O–H groups in total. The van der Waals surface area contributed by atoms with Gasteiger partial charge in [-0.3, -0.25) is 5.32 Å². The number of benzene rings is 1. The van der Waals surface area contributed by atoms with Gasteiger partial charge >= 0.3 is 0 Å². The zero-order valence-electron chi connectivity index (χ0n) is 11.2. The van der Waals surface area contributed by atoms with Gasteiger partial charge in [-0.1, -0.05) is 19.1 Å². The highest BCUT2D eigenvalue weighted by molar-refractivity contribution is 9.10. The van der Waals surface area contributed by atoms with E-state index in [0.29, 0.717) is 5.92 Å². The molecule has 4 heteroatoms. The summed E-state index contributed by atoms with van der Waals surface area (Å²) in [7, 11) is 0. The van der Waals surface area contributed by atoms with Crippen LogP contribution in [-0.2, 0) is 0 Å². The number of hydrogen-bond acceptors (Lipinski definition) is 3. The molecule has 0 heterocycles. The van der Waals surface area contributed by atoms with Crippen LogP contribution in [0.3, 0.4) is 0 Å². The van der Waals surface area contributed by atoms with Crippen LogP contribution in [0.5, 0.6) is 0 Å². The molecule has 2 nitrogen and oxygen atoms in total. The van der Waals surface area contributed by atoms with E-state index in [-0.39, 0.29) is 5.54 Å². The van der Waals surface area contributed by atoms with Crippen molar-refractivity contribution in [3.05, 3.63) is 28.7 Å². The molecule has 19 heavy (non-hydrogen) atoms. The molecule has 1 aromatic carbocycles. The number of nitrogens with zero attached hydrogens (tertiary/aromatic N) is 1. The monoisotopic (exact) mass is 338 g/mol. The van der Waals surface area contributed by atoms with Gasteiger partial charge in [0.1, 0.15) is 5.54 Å². The van der Waals surface area contributed by atoms with Crippen molar-refractivity contribution >= 4 is 27.7 Å². The molecule has 0 aliphatic heterocycles. The Kier molecular flexibility index (Phi) is 5.32. The van der Waals surface area contributed by atoms with Crippen molar-refractivity contribution in [2.45, 2.75) is 36.6 Å². The average Bonchev–Trinajstić information content (AvgIpc) is 3.26. The summed E-state index contributed by atoms with van der Waals surface area (Å²) in [5.41, 5.74) is -0.351. The molecule has 0 amide bonds. The third-order valence-electron chi connectivity index (χ3n) is 3.46. The quantitative estimate of drug-likeness (QED) is 0.756. The number of thioether (sulfide) groups is 1. The second-order valence-corrected chi connectivity index (χ2v) is 6.87. The van der Waals surface area contributed by atoms with Crippen molar-refractivity contribution in [1.29, 1.82) is 5.26 Å². The molecule has 1 atom stereocenters. The van der Waals surface area contributed by atoms with E-state index in [9.17, 15) is 5.26 Å². The van der Waals surface area contributed by atoms with Crippen LogP contribution in [0.25, 0.3) is 0 Å². The molecule has 0 saturated heterocycles. The van der Waals surface area contributed by atoms with Gasteiger partial charge in [-0.15, -0.1) is 11.8 Å². The second-order valence-electron chi connectivity index (χ2n) is 5.00. The second kappa shape index (κ2) is 6.78. The van der Waals surface area contributed by atoms with Crippen LogP contribution >= 0.6 is 27.7 Å². The SMILES string of the molecule is CCCNC(C#N)(CSc1ccccc1Br)C1CC1. The van der Waals surface area contributed by atoms with E-state index < -0.39 is 0 Å². The Morgan fingerprint density at radius 3 is 2.79 bits per heavy atom. The number of rotatable bonds is 7. The van der Waals surface area contributed by atoms with Gasteiger partial charge in [0.25, 0.3) is 0 Å². The van der Waals surface area contributed by atoms with E-state index in [4.69, 9.17) is 0 Å². The van der Waals surface area contributed by atoms with Crippen LogP contribution in [0.1, 0.15) is 26.2 Å². The fourth-order valence-electron chi connectivity index (χ4n) is 2.15. The Balaban J connectivity index is 2.04. The van der Waals surface area contributed by atoms with Crippen LogP contribution in [0.15, 0.2) is 33.6 Å². The first kappa shape index (κ1) is 14.9. The Labute approximate surface area is 128 Å². The highest BCUT2D eigenvalue weighted by Crippen LogP contribution is 2.42. The molecule has 0 spiro atoms. The minimum atomic E-state index is -0.351. The Morgan fingerprint density at radius 2 is 2.21 bits per heavy atom. The standard InChI is InChI=1S/C15H19BrN2S/c1-2-9-18-15(10-17,12-7-8-12)11-19-14-6-4-3-5-13(14)16/h3-6,12,18H,2,7-9,11H2,1H3. The van der Waals surface area contributed by atoms with Gasteiger partial charge in [0, 0.05) is 15.1 Å². The fraction of sp³-hybridized carbons (Fsp3) is 0.533. The normalized spacial score (nSPS) is 17.7. The van der Waals surface area contributed by atoms with Crippen molar-refractivity contribution in [1.82, 2.24) is 5.32 Å². The maximum absolute atomic E-state index is 9.62. The molecule has 0 bridgehead atoms. The Hall–Kier alpha value is -0.500. The lowest BCUT2D eigenvalue weighted by atomic mass is 9.97. The molecule has 102 valence electrons. The molecule has 1 saturated carbocycles. The van der Waals surface area contributed by atoms with Crippen LogP contribution in [0.2, 0.25) is 0 Å². The molecule has 1 aromatic rings. The predicted octanol–water partition coefficient (Wildman–Crippen LogP) is 4.21. The lowest BCUT2D eigenvalue weighted by Crippen LogP contribution is -2.48. The van der Waals surface area contributed by atoms with E-state index in [1.807, 2.05) is 18.2 Å². The maximum atomic E-state index is 9.62. The maximum Gasteiger partial charge on any atom is 0.119 e. The summed E-state index contributed by atoms with van der Waals surface area (Å²) in [6, 6.07) is 10.8. The van der Waals surface area contributed by atoms with Gasteiger partial charge in [-0.25, -0.2) is 0 Å². The van der Waals surface area contributed by atoms with Gasteiger partial charge in [0.15, 0.2) is 0 Å². The van der Waals surface area contributed by atoms with Crippen molar-refractivity contribution < 1.29 is 0 Å². The van der Waals surface area contributed by atoms with E-state index in [2.05, 4.69) is 40.3 Å². The molecule has 1 aliphatic carbocycles. The summed E-state index contributed by atoms with van der Waals surface area (Å²) in [5, 5.41) is 13.1. The van der Waals surface area contributed by atoms with Gasteiger partial charge in [0.2, 0.25) is 0 Å². The smallest absolute Gasteiger partial charge is 0.119 e. The van der Waals surface area contributed by atoms with Crippen molar-refractivity contribution in [2.75, 3.05) is 12.3 Å². The molecule has 2 rings (SSSR count). The average molecular weight is 339 g/mol. The van der Waals surface area contributed by atoms with Crippen LogP contribution < -0.4 is 5.32 Å². The molecule has 1 aliphatic rings. The Bertz CT molecular complexity index is 467. The molecular weight excluding hydrogens is 320 g/mol. The first-order valence-electron chi connectivity index (χ1n) is 6.75. The molecule has 1 fully saturated rings. The highest BCUT2D eigenvalue weighted by Gasteiger charge is 2.45. The van der Waals surface area contributed by atoms with Gasteiger partial charge in [-0.05, 0) is 59.8 Å². The van der Waals surface area contributed by atoms with Crippen LogP contribution in [-0.4, -0.2) is 17.8 Å². The third-order valence-corrected chi connectivity index (χ3v) is 5.68. The third kappa shape index (κ3) is 3.75. The van der Waals surface area contributed by atoms with E-state index in [1.165, 1.54) is 17.7 Å². The zero-order chi connectivity index (χ0) is 13.7. The molecular formula is C15H19BrN2S. The molecule has 0 radical (unpaired) electrons. The van der Waals surface area contributed by atoms with Crippen molar-refractivity contribution in [3.8, 4) is 6.07 Å². The lowest BCUT2D eigenvalue weighted by molar-refractivity contribution is 0.405. The van der Waals surface area contributed by atoms with E-state index in [1.54, 1.807) is 11.8 Å². The minimum absolute atomic E-state index is 0.351. The van der Waals surface area contributed by atoms with Crippen molar-refractivity contribution in [3.63, 3.8) is 0 Å². The Morgan fingerprint density at radius 1 is 1.47 bits per heavy atom. The van der Waals surface area contributed by atoms with E-state index in [0.717, 1.165) is 23.2 Å².